The Balaban J connectivity index is 1.44. The van der Waals surface area contributed by atoms with Gasteiger partial charge < -0.3 is 25.8 Å². The topological polar surface area (TPSA) is 156 Å². The molecule has 2 heterocycles. The van der Waals surface area contributed by atoms with Gasteiger partial charge in [0.1, 0.15) is 6.54 Å². The number of anilines is 3. The minimum atomic E-state index is -3.95. The summed E-state index contributed by atoms with van der Waals surface area (Å²) in [6, 6.07) is 18.4. The first kappa shape index (κ1) is 34.6. The number of primary amides is 1. The fourth-order valence-corrected chi connectivity index (χ4v) is 6.52. The van der Waals surface area contributed by atoms with Gasteiger partial charge in [-0.1, -0.05) is 57.2 Å². The van der Waals surface area contributed by atoms with Crippen LogP contribution in [0.3, 0.4) is 0 Å². The predicted molar refractivity (Wildman–Crippen MR) is 189 cm³/mol. The van der Waals surface area contributed by atoms with E-state index in [0.717, 1.165) is 71.0 Å². The second kappa shape index (κ2) is 14.2. The summed E-state index contributed by atoms with van der Waals surface area (Å²) in [6.07, 6.45) is 2.85. The summed E-state index contributed by atoms with van der Waals surface area (Å²) in [6.45, 7) is 9.26. The highest BCUT2D eigenvalue weighted by Gasteiger charge is 2.28. The molecule has 1 aliphatic heterocycles. The number of nitrogens with zero attached hydrogens (tertiary/aromatic N) is 3. The van der Waals surface area contributed by atoms with Gasteiger partial charge in [-0.2, -0.15) is 0 Å². The van der Waals surface area contributed by atoms with Crippen molar-refractivity contribution in [2.75, 3.05) is 61.2 Å². The first-order valence-electron chi connectivity index (χ1n) is 15.6. The Bertz CT molecular complexity index is 1920. The van der Waals surface area contributed by atoms with E-state index >= 15 is 0 Å². The van der Waals surface area contributed by atoms with Crippen molar-refractivity contribution in [3.63, 3.8) is 0 Å². The first-order chi connectivity index (χ1) is 22.7. The number of amides is 3. The first-order valence-corrected chi connectivity index (χ1v) is 17.4. The zero-order chi connectivity index (χ0) is 34.6. The molecule has 0 saturated carbocycles. The molecule has 5 rings (SSSR count). The van der Waals surface area contributed by atoms with Gasteiger partial charge in [0.15, 0.2) is 5.75 Å². The molecule has 1 saturated heterocycles. The summed E-state index contributed by atoms with van der Waals surface area (Å²) in [5, 5.41) is 7.54. The number of nitrogens with one attached hydrogen (secondary N) is 2. The summed E-state index contributed by atoms with van der Waals surface area (Å²) in [5.74, 6) is -0.777. The summed E-state index contributed by atoms with van der Waals surface area (Å²) in [4.78, 5) is 32.5. The Morgan fingerprint density at radius 2 is 1.69 bits per heavy atom. The summed E-state index contributed by atoms with van der Waals surface area (Å²) in [7, 11) is -2.59. The van der Waals surface area contributed by atoms with Crippen LogP contribution in [0, 0.1) is 0 Å². The molecular formula is C35H42N6O6S. The largest absolute Gasteiger partial charge is 0.492 e. The molecule has 1 fully saturated rings. The van der Waals surface area contributed by atoms with Crippen LogP contribution in [0.2, 0.25) is 0 Å². The van der Waals surface area contributed by atoms with Gasteiger partial charge in [-0.25, -0.2) is 13.2 Å². The van der Waals surface area contributed by atoms with Crippen molar-refractivity contribution in [2.24, 2.45) is 5.73 Å². The maximum Gasteiger partial charge on any atom is 0.323 e. The molecule has 0 spiro atoms. The van der Waals surface area contributed by atoms with E-state index in [4.69, 9.17) is 20.2 Å². The maximum atomic E-state index is 13.6. The number of hydrogen-bond acceptors (Lipinski definition) is 8. The third-order valence-electron chi connectivity index (χ3n) is 8.15. The Morgan fingerprint density at radius 3 is 2.29 bits per heavy atom. The van der Waals surface area contributed by atoms with Crippen molar-refractivity contribution in [3.05, 3.63) is 78.1 Å². The van der Waals surface area contributed by atoms with E-state index in [1.165, 1.54) is 7.11 Å². The quantitative estimate of drug-likeness (QED) is 0.214. The number of urea groups is 1. The van der Waals surface area contributed by atoms with Gasteiger partial charge in [0.25, 0.3) is 0 Å². The highest BCUT2D eigenvalue weighted by Crippen LogP contribution is 2.42. The number of benzene rings is 3. The number of nitrogens with two attached hydrogens (primary N) is 1. The van der Waals surface area contributed by atoms with Gasteiger partial charge in [-0.05, 0) is 46.2 Å². The molecule has 254 valence electrons. The fourth-order valence-electron chi connectivity index (χ4n) is 5.66. The summed E-state index contributed by atoms with van der Waals surface area (Å²) in [5.41, 5.74) is 9.45. The number of hydrogen-bond donors (Lipinski definition) is 3. The standard InChI is InChI=1S/C35H42N6O6S/c1-35(2,3)24-18-30(33(46-4)31(19-24)41(22-32(36)42)48(5,44)45)39-34(43)38-29-13-12-26(27-8-6-7-9-28(27)29)23-10-11-25(37-20-23)21-40-14-16-47-17-15-40/h6-13,18-20H,14-17,21-22H2,1-5H3,(H2,36,42)(H2,38,39,43). The van der Waals surface area contributed by atoms with Crippen molar-refractivity contribution in [3.8, 4) is 16.9 Å². The van der Waals surface area contributed by atoms with Gasteiger partial charge in [0, 0.05) is 36.8 Å². The molecule has 3 aromatic carbocycles. The van der Waals surface area contributed by atoms with Gasteiger partial charge >= 0.3 is 6.03 Å². The van der Waals surface area contributed by atoms with Crippen LogP contribution in [0.15, 0.2) is 66.9 Å². The highest BCUT2D eigenvalue weighted by molar-refractivity contribution is 7.92. The van der Waals surface area contributed by atoms with E-state index in [0.29, 0.717) is 11.3 Å². The molecule has 48 heavy (non-hydrogen) atoms. The van der Waals surface area contributed by atoms with Crippen molar-refractivity contribution in [1.82, 2.24) is 9.88 Å². The van der Waals surface area contributed by atoms with E-state index in [-0.39, 0.29) is 17.1 Å². The SMILES string of the molecule is COc1c(NC(=O)Nc2ccc(-c3ccc(CN4CCOCC4)nc3)c3ccccc23)cc(C(C)(C)C)cc1N(CC(N)=O)S(C)(=O)=O. The number of aromatic nitrogens is 1. The average Bonchev–Trinajstić information content (AvgIpc) is 3.03. The fraction of sp³-hybridized carbons (Fsp3) is 0.343. The van der Waals surface area contributed by atoms with Crippen LogP contribution in [-0.4, -0.2) is 76.5 Å². The lowest BCUT2D eigenvalue weighted by Gasteiger charge is -2.28. The smallest absolute Gasteiger partial charge is 0.323 e. The Hall–Kier alpha value is -4.72. The lowest BCUT2D eigenvalue weighted by atomic mass is 9.86. The predicted octanol–water partition coefficient (Wildman–Crippen LogP) is 4.94. The zero-order valence-electron chi connectivity index (χ0n) is 27.9. The molecule has 3 amide bonds. The van der Waals surface area contributed by atoms with E-state index in [9.17, 15) is 18.0 Å². The second-order valence-corrected chi connectivity index (χ2v) is 14.7. The number of morpholine rings is 1. The Kier molecular flexibility index (Phi) is 10.2. The number of sulfonamides is 1. The Labute approximate surface area is 281 Å². The molecule has 0 unspecified atom stereocenters. The molecule has 1 aliphatic rings. The van der Waals surface area contributed by atoms with Crippen LogP contribution < -0.4 is 25.4 Å². The van der Waals surface area contributed by atoms with E-state index < -0.39 is 33.9 Å². The third-order valence-corrected chi connectivity index (χ3v) is 9.28. The molecule has 12 nitrogen and oxygen atoms in total. The zero-order valence-corrected chi connectivity index (χ0v) is 28.7. The normalized spacial score (nSPS) is 14.0. The lowest BCUT2D eigenvalue weighted by Crippen LogP contribution is -2.38. The number of methoxy groups -OCH3 is 1. The van der Waals surface area contributed by atoms with Crippen molar-refractivity contribution in [1.29, 1.82) is 0 Å². The molecule has 0 aliphatic carbocycles. The summed E-state index contributed by atoms with van der Waals surface area (Å²) < 4.78 is 37.5. The van der Waals surface area contributed by atoms with Gasteiger partial charge in [0.2, 0.25) is 15.9 Å². The molecule has 0 bridgehead atoms. The van der Waals surface area contributed by atoms with Gasteiger partial charge in [-0.15, -0.1) is 0 Å². The molecule has 13 heteroatoms. The molecular weight excluding hydrogens is 632 g/mol. The monoisotopic (exact) mass is 674 g/mol. The minimum absolute atomic E-state index is 0.0644. The molecule has 1 aromatic heterocycles. The Morgan fingerprint density at radius 1 is 1.00 bits per heavy atom. The number of rotatable bonds is 10. The average molecular weight is 675 g/mol. The van der Waals surface area contributed by atoms with Crippen LogP contribution in [0.25, 0.3) is 21.9 Å². The van der Waals surface area contributed by atoms with Crippen LogP contribution in [-0.2, 0) is 31.5 Å². The van der Waals surface area contributed by atoms with Crippen molar-refractivity contribution < 1.29 is 27.5 Å². The molecule has 4 N–H and O–H groups in total. The van der Waals surface area contributed by atoms with Crippen LogP contribution in [0.4, 0.5) is 21.9 Å². The van der Waals surface area contributed by atoms with Crippen LogP contribution >= 0.6 is 0 Å². The van der Waals surface area contributed by atoms with Gasteiger partial charge in [0.05, 0.1) is 49.3 Å². The number of pyridine rings is 1. The molecule has 0 atom stereocenters. The van der Waals surface area contributed by atoms with Crippen molar-refractivity contribution in [2.45, 2.75) is 32.7 Å². The van der Waals surface area contributed by atoms with E-state index in [2.05, 4.69) is 21.6 Å². The number of carbonyl (C=O) groups excluding carboxylic acids is 2. The van der Waals surface area contributed by atoms with E-state index in [1.807, 2.05) is 69.4 Å². The van der Waals surface area contributed by atoms with E-state index in [1.54, 1.807) is 12.1 Å². The maximum absolute atomic E-state index is 13.6. The van der Waals surface area contributed by atoms with Crippen LogP contribution in [0.5, 0.6) is 5.75 Å². The molecule has 0 radical (unpaired) electrons. The third kappa shape index (κ3) is 8.04. The number of fused-ring (bicyclic) bond motifs is 1. The number of ether oxygens (including phenoxy) is 2. The van der Waals surface area contributed by atoms with Crippen molar-refractivity contribution >= 4 is 49.8 Å². The lowest BCUT2D eigenvalue weighted by molar-refractivity contribution is -0.116. The van der Waals surface area contributed by atoms with Crippen LogP contribution in [0.1, 0.15) is 32.0 Å². The van der Waals surface area contributed by atoms with Gasteiger partial charge in [-0.3, -0.25) is 19.0 Å². The minimum Gasteiger partial charge on any atom is -0.492 e. The molecule has 4 aromatic rings. The second-order valence-electron chi connectivity index (χ2n) is 12.8. The highest BCUT2D eigenvalue weighted by atomic mass is 32.2. The summed E-state index contributed by atoms with van der Waals surface area (Å²) >= 11 is 0. The number of carbonyl (C=O) groups is 2.